The number of hydrogen-bond donors (Lipinski definition) is 2. The van der Waals surface area contributed by atoms with E-state index in [2.05, 4.69) is 5.32 Å². The number of amides is 2. The number of anilines is 1. The fourth-order valence-corrected chi connectivity index (χ4v) is 3.77. The molecule has 0 spiro atoms. The summed E-state index contributed by atoms with van der Waals surface area (Å²) in [7, 11) is 1.43. The number of rotatable bonds is 5. The van der Waals surface area contributed by atoms with Crippen LogP contribution < -0.4 is 10.1 Å². The van der Waals surface area contributed by atoms with Crippen molar-refractivity contribution in [3.05, 3.63) is 58.4 Å². The first-order valence-corrected chi connectivity index (χ1v) is 10.2. The average Bonchev–Trinajstić information content (AvgIpc) is 2.71. The predicted molar refractivity (Wildman–Crippen MR) is 112 cm³/mol. The monoisotopic (exact) mass is 468 g/mol. The molecule has 1 aliphatic heterocycles. The van der Waals surface area contributed by atoms with E-state index in [-0.39, 0.29) is 18.5 Å². The zero-order valence-electron chi connectivity index (χ0n) is 18.3. The number of hydrogen-bond acceptors (Lipinski definition) is 4. The van der Waals surface area contributed by atoms with Crippen LogP contribution >= 0.6 is 0 Å². The summed E-state index contributed by atoms with van der Waals surface area (Å²) in [5, 5.41) is 12.7. The van der Waals surface area contributed by atoms with Gasteiger partial charge in [0.25, 0.3) is 5.91 Å². The number of carbonyl (C=O) groups excluding carboxylic acids is 2. The second kappa shape index (κ2) is 9.01. The fraction of sp³-hybridized carbons (Fsp3) is 0.391. The molecule has 3 rings (SSSR count). The van der Waals surface area contributed by atoms with Gasteiger partial charge in [0.1, 0.15) is 17.2 Å². The highest BCUT2D eigenvalue weighted by Crippen LogP contribution is 2.35. The van der Waals surface area contributed by atoms with Gasteiger partial charge in [-0.15, -0.1) is 0 Å². The van der Waals surface area contributed by atoms with E-state index in [1.54, 1.807) is 12.1 Å². The van der Waals surface area contributed by atoms with Crippen molar-refractivity contribution in [2.24, 2.45) is 0 Å². The van der Waals surface area contributed by atoms with Gasteiger partial charge in [0, 0.05) is 13.1 Å². The number of ether oxygens (including phenoxy) is 1. The molecule has 0 atom stereocenters. The van der Waals surface area contributed by atoms with Gasteiger partial charge < -0.3 is 20.1 Å². The Kier molecular flexibility index (Phi) is 6.69. The van der Waals surface area contributed by atoms with Gasteiger partial charge in [0.2, 0.25) is 5.91 Å². The van der Waals surface area contributed by atoms with Crippen molar-refractivity contribution >= 4 is 17.5 Å². The summed E-state index contributed by atoms with van der Waals surface area (Å²) in [6.07, 6.45) is -4.77. The maximum absolute atomic E-state index is 13.8. The SMILES string of the molecule is COc1ccc2c(c1NC(=O)Cc1ccc(C(F)(F)F)c(F)c1)CCN(C(=O)C(C)(C)O)C2. The molecule has 0 unspecified atom stereocenters. The second-order valence-corrected chi connectivity index (χ2v) is 8.35. The van der Waals surface area contributed by atoms with Crippen LogP contribution in [0.3, 0.4) is 0 Å². The van der Waals surface area contributed by atoms with Gasteiger partial charge in [0.15, 0.2) is 0 Å². The smallest absolute Gasteiger partial charge is 0.419 e. The van der Waals surface area contributed by atoms with Gasteiger partial charge >= 0.3 is 6.18 Å². The maximum atomic E-state index is 13.8. The van der Waals surface area contributed by atoms with Gasteiger partial charge in [-0.1, -0.05) is 12.1 Å². The molecule has 0 fully saturated rings. The molecule has 178 valence electrons. The molecule has 10 heteroatoms. The van der Waals surface area contributed by atoms with Crippen LogP contribution in [0.15, 0.2) is 30.3 Å². The first kappa shape index (κ1) is 24.5. The van der Waals surface area contributed by atoms with E-state index < -0.39 is 35.0 Å². The number of fused-ring (bicyclic) bond motifs is 1. The maximum Gasteiger partial charge on any atom is 0.419 e. The van der Waals surface area contributed by atoms with Crippen LogP contribution in [0.5, 0.6) is 5.75 Å². The first-order valence-electron chi connectivity index (χ1n) is 10.2. The van der Waals surface area contributed by atoms with E-state index in [4.69, 9.17) is 4.74 Å². The standard InChI is InChI=1S/C23H24F4N2O4/c1-22(2,32)21(31)29-9-8-15-14(12-29)5-7-18(33-3)20(15)28-19(30)11-13-4-6-16(17(24)10-13)23(25,26)27/h4-7,10,32H,8-9,11-12H2,1-3H3,(H,28,30). The molecule has 6 nitrogen and oxygen atoms in total. The molecule has 1 aliphatic rings. The van der Waals surface area contributed by atoms with E-state index in [1.807, 2.05) is 0 Å². The Morgan fingerprint density at radius 3 is 2.45 bits per heavy atom. The molecule has 0 bridgehead atoms. The van der Waals surface area contributed by atoms with Crippen LogP contribution in [-0.2, 0) is 35.2 Å². The van der Waals surface area contributed by atoms with Crippen LogP contribution in [0.4, 0.5) is 23.2 Å². The Morgan fingerprint density at radius 1 is 1.18 bits per heavy atom. The summed E-state index contributed by atoms with van der Waals surface area (Å²) in [6.45, 7) is 3.37. The molecular weight excluding hydrogens is 444 g/mol. The molecule has 0 aliphatic carbocycles. The van der Waals surface area contributed by atoms with Gasteiger partial charge in [-0.05, 0) is 55.2 Å². The van der Waals surface area contributed by atoms with Crippen molar-refractivity contribution in [2.75, 3.05) is 19.0 Å². The highest BCUT2D eigenvalue weighted by atomic mass is 19.4. The van der Waals surface area contributed by atoms with Crippen molar-refractivity contribution < 1.29 is 37.0 Å². The summed E-state index contributed by atoms with van der Waals surface area (Å²) >= 11 is 0. The molecule has 1 heterocycles. The third-order valence-electron chi connectivity index (χ3n) is 5.36. The summed E-state index contributed by atoms with van der Waals surface area (Å²) in [5.41, 5.74) is -0.920. The molecule has 0 radical (unpaired) electrons. The molecule has 2 aromatic rings. The lowest BCUT2D eigenvalue weighted by molar-refractivity contribution is -0.148. The third kappa shape index (κ3) is 5.44. The molecule has 0 saturated heterocycles. The first-order chi connectivity index (χ1) is 15.3. The Balaban J connectivity index is 1.81. The number of aliphatic hydroxyl groups is 1. The van der Waals surface area contributed by atoms with E-state index in [1.165, 1.54) is 25.9 Å². The van der Waals surface area contributed by atoms with Crippen molar-refractivity contribution in [1.29, 1.82) is 0 Å². The topological polar surface area (TPSA) is 78.9 Å². The van der Waals surface area contributed by atoms with Crippen molar-refractivity contribution in [2.45, 2.75) is 45.0 Å². The summed E-state index contributed by atoms with van der Waals surface area (Å²) in [6, 6.07) is 5.75. The molecule has 2 aromatic carbocycles. The van der Waals surface area contributed by atoms with Crippen molar-refractivity contribution in [3.8, 4) is 5.75 Å². The zero-order valence-corrected chi connectivity index (χ0v) is 18.3. The second-order valence-electron chi connectivity index (χ2n) is 8.35. The Labute approximate surface area is 188 Å². The number of carbonyl (C=O) groups is 2. The lowest BCUT2D eigenvalue weighted by Gasteiger charge is -2.34. The Morgan fingerprint density at radius 2 is 1.88 bits per heavy atom. The fourth-order valence-electron chi connectivity index (χ4n) is 3.77. The van der Waals surface area contributed by atoms with Crippen LogP contribution in [0.2, 0.25) is 0 Å². The van der Waals surface area contributed by atoms with Gasteiger partial charge in [0.05, 0.1) is 24.8 Å². The van der Waals surface area contributed by atoms with Crippen LogP contribution in [0, 0.1) is 5.82 Å². The zero-order chi connectivity index (χ0) is 24.6. The lowest BCUT2D eigenvalue weighted by Crippen LogP contribution is -2.47. The molecular formula is C23H24F4N2O4. The summed E-state index contributed by atoms with van der Waals surface area (Å²) in [5.74, 6) is -2.04. The van der Waals surface area contributed by atoms with Gasteiger partial charge in [-0.3, -0.25) is 9.59 Å². The Hall–Kier alpha value is -3.14. The lowest BCUT2D eigenvalue weighted by atomic mass is 9.95. The molecule has 0 aromatic heterocycles. The Bertz CT molecular complexity index is 1080. The summed E-state index contributed by atoms with van der Waals surface area (Å²) < 4.78 is 57.4. The number of nitrogens with zero attached hydrogens (tertiary/aromatic N) is 1. The van der Waals surface area contributed by atoms with Crippen molar-refractivity contribution in [1.82, 2.24) is 4.90 Å². The van der Waals surface area contributed by atoms with Crippen molar-refractivity contribution in [3.63, 3.8) is 0 Å². The number of alkyl halides is 3. The quantitative estimate of drug-likeness (QED) is 0.657. The number of benzene rings is 2. The van der Waals surface area contributed by atoms with Crippen LogP contribution in [0.25, 0.3) is 0 Å². The highest BCUT2D eigenvalue weighted by Gasteiger charge is 2.34. The van der Waals surface area contributed by atoms with E-state index in [9.17, 15) is 32.3 Å². The molecule has 2 N–H and O–H groups in total. The average molecular weight is 468 g/mol. The van der Waals surface area contributed by atoms with E-state index in [0.717, 1.165) is 17.2 Å². The van der Waals surface area contributed by atoms with E-state index in [0.29, 0.717) is 36.5 Å². The van der Waals surface area contributed by atoms with Crippen LogP contribution in [-0.4, -0.2) is 41.1 Å². The number of methoxy groups -OCH3 is 1. The van der Waals surface area contributed by atoms with Gasteiger partial charge in [-0.2, -0.15) is 13.2 Å². The normalized spacial score (nSPS) is 14.0. The minimum absolute atomic E-state index is 0.0868. The highest BCUT2D eigenvalue weighted by molar-refractivity contribution is 5.95. The third-order valence-corrected chi connectivity index (χ3v) is 5.36. The molecule has 33 heavy (non-hydrogen) atoms. The van der Waals surface area contributed by atoms with E-state index >= 15 is 0 Å². The minimum Gasteiger partial charge on any atom is -0.495 e. The summed E-state index contributed by atoms with van der Waals surface area (Å²) in [4.78, 5) is 26.6. The molecule has 2 amide bonds. The number of nitrogens with one attached hydrogen (secondary N) is 1. The largest absolute Gasteiger partial charge is 0.495 e. The predicted octanol–water partition coefficient (Wildman–Crippen LogP) is 3.69. The number of halogens is 4. The van der Waals surface area contributed by atoms with Gasteiger partial charge in [-0.25, -0.2) is 4.39 Å². The van der Waals surface area contributed by atoms with Crippen LogP contribution in [0.1, 0.15) is 36.1 Å². The molecule has 0 saturated carbocycles. The minimum atomic E-state index is -4.82.